The van der Waals surface area contributed by atoms with Crippen LogP contribution in [-0.2, 0) is 34.3 Å². The number of amides is 1. The molecule has 1 saturated carbocycles. The maximum atomic E-state index is 17.4. The van der Waals surface area contributed by atoms with Gasteiger partial charge in [0.15, 0.2) is 5.78 Å². The highest BCUT2D eigenvalue weighted by molar-refractivity contribution is 5.96. The predicted octanol–water partition coefficient (Wildman–Crippen LogP) is 7.26. The highest BCUT2D eigenvalue weighted by Gasteiger charge is 2.63. The van der Waals surface area contributed by atoms with Gasteiger partial charge in [-0.1, -0.05) is 25.0 Å². The summed E-state index contributed by atoms with van der Waals surface area (Å²) in [5, 5.41) is 0.571. The van der Waals surface area contributed by atoms with Crippen LogP contribution in [0.5, 0.6) is 11.5 Å². The lowest BCUT2D eigenvalue weighted by Crippen LogP contribution is -2.49. The molecule has 1 aliphatic carbocycles. The molecule has 1 amide bonds. The van der Waals surface area contributed by atoms with E-state index < -0.39 is 46.2 Å². The molecule has 1 unspecified atom stereocenters. The first-order valence-corrected chi connectivity index (χ1v) is 18.8. The van der Waals surface area contributed by atoms with Gasteiger partial charge < -0.3 is 23.8 Å². The number of carbonyl (C=O) groups excluding carboxylic acids is 4. The Morgan fingerprint density at radius 3 is 2.62 bits per heavy atom. The standard InChI is InChI=1S/C41H53FN2O8/c1-8-50-37(48)41-20-27(41)15-13-11-9-10-12-14-26(18-33(46)51-38(3,4)5)36(47)44-24-40(21-31(44)32(45)22-41)23-39(6,42)34-29-19-28(49-7)16-17-30(29)43-25(2)35(34)52-40/h13,15-17,19,26-27,31H,8-12,14,18,20-24H2,1-7H3/b15-13-/t26-,27-,31+,39?,40+,41-/m1/s1. The number of nitrogens with zero attached hydrogens (tertiary/aromatic N) is 2. The molecule has 1 spiro atoms. The fourth-order valence-electron chi connectivity index (χ4n) is 8.75. The minimum atomic E-state index is -1.93. The second-order valence-electron chi connectivity index (χ2n) is 16.5. The summed E-state index contributed by atoms with van der Waals surface area (Å²) in [5.74, 6) is -1.62. The van der Waals surface area contributed by atoms with Crippen LogP contribution in [0.1, 0.15) is 110 Å². The Bertz CT molecular complexity index is 1780. The molecule has 1 aromatic heterocycles. The maximum Gasteiger partial charge on any atom is 0.313 e. The number of carbonyl (C=O) groups is 4. The first-order valence-electron chi connectivity index (χ1n) is 18.8. The van der Waals surface area contributed by atoms with Crippen molar-refractivity contribution < 1.29 is 42.5 Å². The van der Waals surface area contributed by atoms with E-state index in [1.54, 1.807) is 59.9 Å². The SMILES string of the molecule is CCOC(=O)[C@]12CC(=O)[C@@H]3C[C@@]4(CN3C(=O)[C@@H](CC(=O)OC(C)(C)C)CCCCC/C=C\[C@@H]1C2)CC(C)(F)c1c(c(C)nc2ccc(OC)cc12)O4. The Kier molecular flexibility index (Phi) is 10.2. The smallest absolute Gasteiger partial charge is 0.313 e. The van der Waals surface area contributed by atoms with Gasteiger partial charge >= 0.3 is 11.9 Å². The summed E-state index contributed by atoms with van der Waals surface area (Å²) in [6.45, 7) is 10.5. The molecule has 52 heavy (non-hydrogen) atoms. The summed E-state index contributed by atoms with van der Waals surface area (Å²) in [5.41, 5.74) is -3.49. The molecule has 0 N–H and O–H groups in total. The van der Waals surface area contributed by atoms with Crippen molar-refractivity contribution in [1.82, 2.24) is 9.88 Å². The summed E-state index contributed by atoms with van der Waals surface area (Å²) in [6, 6.07) is 4.32. The number of fused-ring (bicyclic) bond motifs is 5. The second kappa shape index (κ2) is 14.1. The van der Waals surface area contributed by atoms with E-state index in [-0.39, 0.29) is 56.4 Å². The number of ketones is 1. The Morgan fingerprint density at radius 2 is 1.90 bits per heavy atom. The highest BCUT2D eigenvalue weighted by Crippen LogP contribution is 2.59. The molecular weight excluding hydrogens is 667 g/mol. The van der Waals surface area contributed by atoms with Gasteiger partial charge in [0.2, 0.25) is 5.91 Å². The topological polar surface area (TPSA) is 121 Å². The molecule has 2 aromatic rings. The minimum Gasteiger partial charge on any atom is -0.497 e. The van der Waals surface area contributed by atoms with Crippen LogP contribution < -0.4 is 9.47 Å². The van der Waals surface area contributed by atoms with Gasteiger partial charge in [-0.15, -0.1) is 0 Å². The molecule has 11 heteroatoms. The van der Waals surface area contributed by atoms with Crippen molar-refractivity contribution in [3.05, 3.63) is 41.6 Å². The van der Waals surface area contributed by atoms with E-state index in [1.165, 1.54) is 11.8 Å². The molecule has 3 aliphatic heterocycles. The molecule has 4 heterocycles. The predicted molar refractivity (Wildman–Crippen MR) is 193 cm³/mol. The number of halogens is 1. The van der Waals surface area contributed by atoms with Crippen molar-refractivity contribution in [3.63, 3.8) is 0 Å². The van der Waals surface area contributed by atoms with Crippen LogP contribution in [0.3, 0.4) is 0 Å². The molecule has 282 valence electrons. The average molecular weight is 721 g/mol. The van der Waals surface area contributed by atoms with Crippen LogP contribution in [0.2, 0.25) is 0 Å². The lowest BCUT2D eigenvalue weighted by molar-refractivity contribution is -0.159. The lowest BCUT2D eigenvalue weighted by Gasteiger charge is -2.42. The summed E-state index contributed by atoms with van der Waals surface area (Å²) in [7, 11) is 1.55. The summed E-state index contributed by atoms with van der Waals surface area (Å²) < 4.78 is 40.8. The molecule has 2 fully saturated rings. The largest absolute Gasteiger partial charge is 0.497 e. The highest BCUT2D eigenvalue weighted by atomic mass is 19.1. The summed E-state index contributed by atoms with van der Waals surface area (Å²) in [6.07, 6.45) is 7.90. The third kappa shape index (κ3) is 7.42. The average Bonchev–Trinajstić information content (AvgIpc) is 3.64. The Balaban J connectivity index is 1.41. The number of Topliss-reactive ketones (excluding diaryl/α,β-unsaturated/α-hetero) is 1. The van der Waals surface area contributed by atoms with Gasteiger partial charge in [-0.25, -0.2) is 9.37 Å². The first kappa shape index (κ1) is 37.7. The van der Waals surface area contributed by atoms with Crippen LogP contribution in [0.15, 0.2) is 30.4 Å². The number of alkyl halides is 1. The van der Waals surface area contributed by atoms with Crippen molar-refractivity contribution in [3.8, 4) is 11.5 Å². The van der Waals surface area contributed by atoms with Crippen molar-refractivity contribution in [2.75, 3.05) is 20.3 Å². The zero-order valence-corrected chi connectivity index (χ0v) is 31.6. The van der Waals surface area contributed by atoms with Crippen molar-refractivity contribution in [1.29, 1.82) is 0 Å². The Hall–Kier alpha value is -4.02. The van der Waals surface area contributed by atoms with E-state index in [2.05, 4.69) is 6.08 Å². The number of aryl methyl sites for hydroxylation is 1. The number of esters is 2. The van der Waals surface area contributed by atoms with E-state index in [9.17, 15) is 19.2 Å². The molecule has 0 radical (unpaired) electrons. The van der Waals surface area contributed by atoms with Crippen LogP contribution in [0, 0.1) is 24.2 Å². The van der Waals surface area contributed by atoms with Crippen LogP contribution in [0.25, 0.3) is 10.9 Å². The van der Waals surface area contributed by atoms with Gasteiger partial charge in [-0.3, -0.25) is 19.2 Å². The summed E-state index contributed by atoms with van der Waals surface area (Å²) >= 11 is 0. The van der Waals surface area contributed by atoms with Crippen LogP contribution in [0.4, 0.5) is 4.39 Å². The van der Waals surface area contributed by atoms with Crippen molar-refractivity contribution in [2.45, 2.75) is 129 Å². The van der Waals surface area contributed by atoms with E-state index in [0.717, 1.165) is 19.3 Å². The van der Waals surface area contributed by atoms with E-state index >= 15 is 4.39 Å². The summed E-state index contributed by atoms with van der Waals surface area (Å²) in [4.78, 5) is 62.2. The molecule has 6 rings (SSSR count). The van der Waals surface area contributed by atoms with Crippen molar-refractivity contribution in [2.24, 2.45) is 17.3 Å². The number of methoxy groups -OCH3 is 1. The molecule has 10 nitrogen and oxygen atoms in total. The number of ether oxygens (including phenoxy) is 4. The number of aromatic nitrogens is 1. The second-order valence-corrected chi connectivity index (χ2v) is 16.5. The molecule has 1 saturated heterocycles. The molecule has 1 aromatic carbocycles. The van der Waals surface area contributed by atoms with E-state index in [0.29, 0.717) is 52.9 Å². The third-order valence-electron chi connectivity index (χ3n) is 11.1. The zero-order valence-electron chi connectivity index (χ0n) is 31.6. The third-order valence-corrected chi connectivity index (χ3v) is 11.1. The number of allylic oxidation sites excluding steroid dienone is 2. The molecule has 6 atom stereocenters. The fraction of sp³-hybridized carbons (Fsp3) is 0.634. The normalized spacial score (nSPS) is 31.4. The first-order chi connectivity index (χ1) is 24.5. The Labute approximate surface area is 305 Å². The Morgan fingerprint density at radius 1 is 1.13 bits per heavy atom. The molecule has 4 aliphatic rings. The lowest BCUT2D eigenvalue weighted by atomic mass is 9.78. The number of hydrogen-bond acceptors (Lipinski definition) is 9. The quantitative estimate of drug-likeness (QED) is 0.232. The zero-order chi connectivity index (χ0) is 37.6. The molecular formula is C41H53FN2O8. The van der Waals surface area contributed by atoms with Crippen LogP contribution >= 0.6 is 0 Å². The van der Waals surface area contributed by atoms with Gasteiger partial charge in [0.1, 0.15) is 28.4 Å². The van der Waals surface area contributed by atoms with E-state index in [1.807, 2.05) is 6.08 Å². The number of benzene rings is 1. The fourth-order valence-corrected chi connectivity index (χ4v) is 8.75. The minimum absolute atomic E-state index is 0.0324. The van der Waals surface area contributed by atoms with Crippen LogP contribution in [-0.4, -0.2) is 71.0 Å². The van der Waals surface area contributed by atoms with Gasteiger partial charge in [0, 0.05) is 36.1 Å². The van der Waals surface area contributed by atoms with Gasteiger partial charge in [0.05, 0.1) is 49.3 Å². The van der Waals surface area contributed by atoms with Crippen molar-refractivity contribution >= 4 is 34.5 Å². The number of rotatable bonds is 5. The molecule has 0 bridgehead atoms. The monoisotopic (exact) mass is 720 g/mol. The number of pyridine rings is 1. The van der Waals surface area contributed by atoms with E-state index in [4.69, 9.17) is 23.9 Å². The van der Waals surface area contributed by atoms with Gasteiger partial charge in [-0.2, -0.15) is 0 Å². The van der Waals surface area contributed by atoms with Gasteiger partial charge in [0.25, 0.3) is 0 Å². The van der Waals surface area contributed by atoms with Gasteiger partial charge in [-0.05, 0) is 91.3 Å². The number of hydrogen-bond donors (Lipinski definition) is 0. The maximum absolute atomic E-state index is 17.4.